The van der Waals surface area contributed by atoms with Crippen LogP contribution in [-0.2, 0) is 0 Å². The molecule has 0 fully saturated rings. The molecule has 0 saturated heterocycles. The molecule has 3 aromatic heterocycles. The Bertz CT molecular complexity index is 1480. The summed E-state index contributed by atoms with van der Waals surface area (Å²) in [4.78, 5) is 18.1. The molecule has 176 valence electrons. The molecule has 2 aromatic carbocycles. The summed E-state index contributed by atoms with van der Waals surface area (Å²) in [6, 6.07) is 16.6. The second-order valence-corrected chi connectivity index (χ2v) is 8.63. The van der Waals surface area contributed by atoms with Crippen molar-refractivity contribution in [2.45, 2.75) is 33.7 Å². The second kappa shape index (κ2) is 9.54. The van der Waals surface area contributed by atoms with Crippen LogP contribution in [0, 0.1) is 13.8 Å². The van der Waals surface area contributed by atoms with Gasteiger partial charge in [-0.05, 0) is 68.7 Å². The number of nitrogens with one attached hydrogen (secondary N) is 2. The Kier molecular flexibility index (Phi) is 6.14. The number of hydrogen-bond donors (Lipinski definition) is 2. The van der Waals surface area contributed by atoms with Crippen molar-refractivity contribution < 1.29 is 4.42 Å². The van der Waals surface area contributed by atoms with Gasteiger partial charge >= 0.3 is 0 Å². The third kappa shape index (κ3) is 4.84. The lowest BCUT2D eigenvalue weighted by Gasteiger charge is -2.17. The predicted octanol–water partition coefficient (Wildman–Crippen LogP) is 6.57. The van der Waals surface area contributed by atoms with Gasteiger partial charge in [-0.3, -0.25) is 0 Å². The Morgan fingerprint density at radius 2 is 1.74 bits per heavy atom. The van der Waals surface area contributed by atoms with Crippen LogP contribution in [0.1, 0.15) is 36.8 Å². The van der Waals surface area contributed by atoms with Gasteiger partial charge in [0.2, 0.25) is 5.95 Å². The van der Waals surface area contributed by atoms with Gasteiger partial charge in [0.05, 0.1) is 12.0 Å². The fourth-order valence-electron chi connectivity index (χ4n) is 4.12. The lowest BCUT2D eigenvalue weighted by Crippen LogP contribution is -2.09. The average Bonchev–Trinajstić information content (AvgIpc) is 3.24. The number of anilines is 2. The van der Waals surface area contributed by atoms with Crippen molar-refractivity contribution in [3.63, 3.8) is 0 Å². The fraction of sp³-hybridized carbons (Fsp3) is 0.214. The number of hydrogen-bond acceptors (Lipinski definition) is 7. The molecule has 1 atom stereocenters. The highest BCUT2D eigenvalue weighted by atomic mass is 16.3. The van der Waals surface area contributed by atoms with Crippen LogP contribution in [-0.4, -0.2) is 26.5 Å². The van der Waals surface area contributed by atoms with Crippen molar-refractivity contribution >= 4 is 22.7 Å². The number of aryl methyl sites for hydroxylation is 2. The molecular formula is C28H28N6O. The van der Waals surface area contributed by atoms with E-state index in [2.05, 4.69) is 67.8 Å². The van der Waals surface area contributed by atoms with Crippen molar-refractivity contribution in [3.8, 4) is 22.4 Å². The molecule has 35 heavy (non-hydrogen) atoms. The van der Waals surface area contributed by atoms with Crippen LogP contribution < -0.4 is 10.6 Å². The number of benzene rings is 2. The topological polar surface area (TPSA) is 88.8 Å². The van der Waals surface area contributed by atoms with Crippen LogP contribution in [0.4, 0.5) is 11.8 Å². The summed E-state index contributed by atoms with van der Waals surface area (Å²) in [5.41, 5.74) is 7.10. The molecule has 0 amide bonds. The number of nitrogens with zero attached hydrogens (tertiary/aromatic N) is 4. The van der Waals surface area contributed by atoms with Gasteiger partial charge in [-0.15, -0.1) is 0 Å². The molecule has 0 radical (unpaired) electrons. The van der Waals surface area contributed by atoms with Gasteiger partial charge in [0.25, 0.3) is 0 Å². The van der Waals surface area contributed by atoms with E-state index in [1.54, 1.807) is 6.26 Å². The van der Waals surface area contributed by atoms with E-state index in [0.29, 0.717) is 11.8 Å². The molecule has 3 heterocycles. The van der Waals surface area contributed by atoms with E-state index in [-0.39, 0.29) is 6.04 Å². The zero-order valence-corrected chi connectivity index (χ0v) is 20.3. The van der Waals surface area contributed by atoms with Crippen molar-refractivity contribution in [2.75, 3.05) is 17.2 Å². The molecule has 0 aliphatic heterocycles. The van der Waals surface area contributed by atoms with Gasteiger partial charge < -0.3 is 15.1 Å². The molecule has 0 bridgehead atoms. The summed E-state index contributed by atoms with van der Waals surface area (Å²) in [6.07, 6.45) is 5.48. The van der Waals surface area contributed by atoms with Gasteiger partial charge in [-0.25, -0.2) is 19.9 Å². The first kappa shape index (κ1) is 22.5. The molecule has 0 spiro atoms. The highest BCUT2D eigenvalue weighted by Crippen LogP contribution is 2.29. The Balaban J connectivity index is 1.39. The number of aromatic nitrogens is 4. The van der Waals surface area contributed by atoms with Gasteiger partial charge in [0.1, 0.15) is 17.2 Å². The molecule has 5 aromatic rings. The summed E-state index contributed by atoms with van der Waals surface area (Å²) in [5.74, 6) is 2.14. The Morgan fingerprint density at radius 1 is 0.914 bits per heavy atom. The van der Waals surface area contributed by atoms with Crippen LogP contribution in [0.25, 0.3) is 33.4 Å². The Morgan fingerprint density at radius 3 is 2.54 bits per heavy atom. The molecule has 5 rings (SSSR count). The number of furan rings is 1. The summed E-state index contributed by atoms with van der Waals surface area (Å²) in [6.45, 7) is 8.91. The van der Waals surface area contributed by atoms with Crippen LogP contribution in [0.3, 0.4) is 0 Å². The summed E-state index contributed by atoms with van der Waals surface area (Å²) >= 11 is 0. The maximum Gasteiger partial charge on any atom is 0.222 e. The quantitative estimate of drug-likeness (QED) is 0.282. The summed E-state index contributed by atoms with van der Waals surface area (Å²) in [5, 5.41) is 7.77. The summed E-state index contributed by atoms with van der Waals surface area (Å²) in [7, 11) is 0. The minimum atomic E-state index is 0.0395. The molecule has 0 unspecified atom stereocenters. The van der Waals surface area contributed by atoms with Gasteiger partial charge in [0.15, 0.2) is 0 Å². The van der Waals surface area contributed by atoms with Crippen LogP contribution in [0.15, 0.2) is 71.6 Å². The molecular weight excluding hydrogens is 436 g/mol. The molecule has 7 nitrogen and oxygen atoms in total. The van der Waals surface area contributed by atoms with Crippen LogP contribution in [0.2, 0.25) is 0 Å². The zero-order chi connectivity index (χ0) is 24.4. The Hall–Kier alpha value is -4.26. The number of fused-ring (bicyclic) bond motifs is 1. The minimum Gasteiger partial charge on any atom is -0.464 e. The normalized spacial score (nSPS) is 12.0. The first-order valence-electron chi connectivity index (χ1n) is 11.8. The van der Waals surface area contributed by atoms with E-state index in [4.69, 9.17) is 4.42 Å². The monoisotopic (exact) mass is 464 g/mol. The maximum absolute atomic E-state index is 5.59. The number of rotatable bonds is 7. The van der Waals surface area contributed by atoms with Crippen molar-refractivity contribution in [1.82, 2.24) is 19.9 Å². The molecule has 0 aliphatic rings. The van der Waals surface area contributed by atoms with Gasteiger partial charge in [-0.1, -0.05) is 18.2 Å². The van der Waals surface area contributed by atoms with Crippen molar-refractivity contribution in [1.29, 1.82) is 0 Å². The van der Waals surface area contributed by atoms with E-state index in [9.17, 15) is 0 Å². The first-order valence-corrected chi connectivity index (χ1v) is 11.8. The molecule has 0 saturated carbocycles. The van der Waals surface area contributed by atoms with E-state index in [1.807, 2.05) is 51.4 Å². The predicted molar refractivity (Wildman–Crippen MR) is 140 cm³/mol. The first-order chi connectivity index (χ1) is 17.0. The zero-order valence-electron chi connectivity index (χ0n) is 20.3. The average molecular weight is 465 g/mol. The lowest BCUT2D eigenvalue weighted by atomic mass is 10.0. The molecule has 0 aliphatic carbocycles. The Labute approximate surface area is 204 Å². The van der Waals surface area contributed by atoms with Crippen molar-refractivity contribution in [2.24, 2.45) is 0 Å². The van der Waals surface area contributed by atoms with E-state index >= 15 is 0 Å². The lowest BCUT2D eigenvalue weighted by molar-refractivity contribution is 0.613. The molecule has 2 N–H and O–H groups in total. The van der Waals surface area contributed by atoms with Gasteiger partial charge in [0, 0.05) is 47.6 Å². The summed E-state index contributed by atoms with van der Waals surface area (Å²) < 4.78 is 5.59. The van der Waals surface area contributed by atoms with E-state index < -0.39 is 0 Å². The molecule has 7 heteroatoms. The van der Waals surface area contributed by atoms with Gasteiger partial charge in [-0.2, -0.15) is 0 Å². The van der Waals surface area contributed by atoms with Crippen LogP contribution >= 0.6 is 0 Å². The third-order valence-corrected chi connectivity index (χ3v) is 5.97. The largest absolute Gasteiger partial charge is 0.464 e. The van der Waals surface area contributed by atoms with Crippen LogP contribution in [0.5, 0.6) is 0 Å². The third-order valence-electron chi connectivity index (χ3n) is 5.97. The second-order valence-electron chi connectivity index (χ2n) is 8.63. The van der Waals surface area contributed by atoms with E-state index in [0.717, 1.165) is 56.8 Å². The standard InChI is InChI=1S/C28H28N6O/c1-5-29-28-30-14-23(15-31-28)21-8-6-7-20(11-21)18(3)32-27-13-25(33-19(4)34-27)22-9-10-26-24(12-22)17(2)16-35-26/h6-16,18H,5H2,1-4H3,(H,29,30,31)(H,32,33,34)/t18-/m0/s1. The van der Waals surface area contributed by atoms with E-state index in [1.165, 1.54) is 0 Å². The highest BCUT2D eigenvalue weighted by molar-refractivity contribution is 5.85. The fourth-order valence-corrected chi connectivity index (χ4v) is 4.12. The maximum atomic E-state index is 5.59. The minimum absolute atomic E-state index is 0.0395. The SMILES string of the molecule is CCNc1ncc(-c2cccc([C@H](C)Nc3cc(-c4ccc5occ(C)c5c4)nc(C)n3)c2)cn1. The smallest absolute Gasteiger partial charge is 0.222 e. The van der Waals surface area contributed by atoms with Crippen molar-refractivity contribution in [3.05, 3.63) is 84.1 Å². The highest BCUT2D eigenvalue weighted by Gasteiger charge is 2.12.